The first kappa shape index (κ1) is 22.8. The summed E-state index contributed by atoms with van der Waals surface area (Å²) in [7, 11) is -3.89. The van der Waals surface area contributed by atoms with Gasteiger partial charge in [-0.1, -0.05) is 36.4 Å². The van der Waals surface area contributed by atoms with Crippen LogP contribution in [0.1, 0.15) is 15.9 Å². The van der Waals surface area contributed by atoms with Crippen molar-refractivity contribution < 1.29 is 22.7 Å². The molecule has 0 amide bonds. The number of carboxylic acids is 1. The number of aromatic carboxylic acids is 1. The Balaban J connectivity index is 1.54. The Morgan fingerprint density at radius 1 is 0.939 bits per heavy atom. The van der Waals surface area contributed by atoms with Gasteiger partial charge in [-0.3, -0.25) is 9.62 Å². The van der Waals surface area contributed by atoms with E-state index in [9.17, 15) is 22.7 Å². The molecule has 1 saturated heterocycles. The van der Waals surface area contributed by atoms with Gasteiger partial charge in [-0.05, 0) is 36.4 Å². The number of hydrogen-bond acceptors (Lipinski definition) is 5. The molecule has 0 atom stereocenters. The van der Waals surface area contributed by atoms with Crippen molar-refractivity contribution in [1.29, 1.82) is 0 Å². The smallest absolute Gasteiger partial charge is 0.335 e. The lowest BCUT2D eigenvalue weighted by Crippen LogP contribution is -2.46. The van der Waals surface area contributed by atoms with E-state index >= 15 is 0 Å². The summed E-state index contributed by atoms with van der Waals surface area (Å²) in [6.45, 7) is 2.97. The van der Waals surface area contributed by atoms with Gasteiger partial charge in [0.15, 0.2) is 0 Å². The Bertz CT molecular complexity index is 1240. The number of nitrogens with zero attached hydrogens (tertiary/aromatic N) is 2. The average molecular weight is 470 g/mol. The van der Waals surface area contributed by atoms with E-state index in [-0.39, 0.29) is 22.0 Å². The van der Waals surface area contributed by atoms with Crippen LogP contribution in [0.15, 0.2) is 77.7 Å². The third-order valence-corrected chi connectivity index (χ3v) is 6.99. The topological polar surface area (TPSA) is 89.9 Å². The first-order valence-electron chi connectivity index (χ1n) is 10.5. The largest absolute Gasteiger partial charge is 0.478 e. The minimum Gasteiger partial charge on any atom is -0.478 e. The number of hydrogen-bond donors (Lipinski definition) is 2. The van der Waals surface area contributed by atoms with Crippen LogP contribution >= 0.6 is 0 Å². The molecule has 3 aromatic rings. The lowest BCUT2D eigenvalue weighted by atomic mass is 10.1. The quantitative estimate of drug-likeness (QED) is 0.549. The Morgan fingerprint density at radius 2 is 1.61 bits per heavy atom. The molecule has 0 bridgehead atoms. The predicted octanol–water partition coefficient (Wildman–Crippen LogP) is 3.65. The van der Waals surface area contributed by atoms with Crippen LogP contribution in [0, 0.1) is 5.82 Å². The number of sulfonamides is 1. The molecule has 0 aromatic heterocycles. The monoisotopic (exact) mass is 469 g/mol. The van der Waals surface area contributed by atoms with Crippen LogP contribution < -0.4 is 9.62 Å². The maximum atomic E-state index is 14.0. The summed E-state index contributed by atoms with van der Waals surface area (Å²) in [6, 6.07) is 19.0. The fourth-order valence-electron chi connectivity index (χ4n) is 3.84. The van der Waals surface area contributed by atoms with Crippen molar-refractivity contribution in [1.82, 2.24) is 4.90 Å². The number of anilines is 2. The van der Waals surface area contributed by atoms with Gasteiger partial charge in [0.1, 0.15) is 5.82 Å². The molecule has 9 heteroatoms. The second kappa shape index (κ2) is 9.60. The van der Waals surface area contributed by atoms with Gasteiger partial charge in [0.2, 0.25) is 0 Å². The van der Waals surface area contributed by atoms with Crippen LogP contribution in [0.25, 0.3) is 0 Å². The zero-order valence-corrected chi connectivity index (χ0v) is 18.6. The number of carboxylic acid groups (broad SMARTS) is 1. The molecule has 3 aromatic carbocycles. The maximum Gasteiger partial charge on any atom is 0.335 e. The summed E-state index contributed by atoms with van der Waals surface area (Å²) >= 11 is 0. The summed E-state index contributed by atoms with van der Waals surface area (Å²) < 4.78 is 42.3. The number of nitrogens with one attached hydrogen (secondary N) is 1. The molecular formula is C24H24FN3O4S. The lowest BCUT2D eigenvalue weighted by Gasteiger charge is -2.37. The van der Waals surface area contributed by atoms with Gasteiger partial charge in [0.25, 0.3) is 10.0 Å². The number of piperazine rings is 1. The molecule has 172 valence electrons. The van der Waals surface area contributed by atoms with Gasteiger partial charge in [-0.15, -0.1) is 0 Å². The molecule has 0 aliphatic carbocycles. The molecule has 0 radical (unpaired) electrons. The molecule has 7 nitrogen and oxygen atoms in total. The van der Waals surface area contributed by atoms with E-state index in [0.29, 0.717) is 44.0 Å². The minimum atomic E-state index is -3.89. The summed E-state index contributed by atoms with van der Waals surface area (Å²) in [5.74, 6) is -1.38. The zero-order valence-electron chi connectivity index (χ0n) is 17.8. The van der Waals surface area contributed by atoms with E-state index in [4.69, 9.17) is 0 Å². The Hall–Kier alpha value is -3.43. The van der Waals surface area contributed by atoms with E-state index < -0.39 is 16.0 Å². The van der Waals surface area contributed by atoms with Gasteiger partial charge in [-0.2, -0.15) is 0 Å². The molecule has 0 saturated carbocycles. The van der Waals surface area contributed by atoms with Crippen LogP contribution in [0.5, 0.6) is 0 Å². The molecule has 0 spiro atoms. The Kier molecular flexibility index (Phi) is 6.62. The normalized spacial score (nSPS) is 14.8. The highest BCUT2D eigenvalue weighted by Crippen LogP contribution is 2.30. The lowest BCUT2D eigenvalue weighted by molar-refractivity contribution is 0.0697. The van der Waals surface area contributed by atoms with E-state index in [0.717, 1.165) is 0 Å². The van der Waals surface area contributed by atoms with Gasteiger partial charge in [-0.25, -0.2) is 17.6 Å². The first-order valence-corrected chi connectivity index (χ1v) is 12.0. The molecule has 1 aliphatic rings. The highest BCUT2D eigenvalue weighted by atomic mass is 32.2. The minimum absolute atomic E-state index is 0.0114. The summed E-state index contributed by atoms with van der Waals surface area (Å²) in [5, 5.41) is 9.40. The van der Waals surface area contributed by atoms with Crippen molar-refractivity contribution in [3.8, 4) is 0 Å². The van der Waals surface area contributed by atoms with E-state index in [2.05, 4.69) is 9.62 Å². The second-order valence-electron chi connectivity index (χ2n) is 7.81. The van der Waals surface area contributed by atoms with Crippen LogP contribution in [-0.4, -0.2) is 50.6 Å². The fourth-order valence-corrected chi connectivity index (χ4v) is 4.93. The van der Waals surface area contributed by atoms with E-state index in [1.165, 1.54) is 30.3 Å². The summed E-state index contributed by atoms with van der Waals surface area (Å²) in [5.41, 5.74) is 1.43. The maximum absolute atomic E-state index is 14.0. The number of halogens is 1. The third kappa shape index (κ3) is 5.32. The van der Waals surface area contributed by atoms with Crippen LogP contribution in [0.4, 0.5) is 15.8 Å². The predicted molar refractivity (Wildman–Crippen MR) is 125 cm³/mol. The van der Waals surface area contributed by atoms with Gasteiger partial charge >= 0.3 is 5.97 Å². The molecule has 2 N–H and O–H groups in total. The first-order chi connectivity index (χ1) is 15.8. The number of benzene rings is 3. The van der Waals surface area contributed by atoms with E-state index in [1.54, 1.807) is 36.4 Å². The molecular weight excluding hydrogens is 445 g/mol. The molecule has 0 unspecified atom stereocenters. The fraction of sp³-hybridized carbons (Fsp3) is 0.208. The number of carbonyl (C=O) groups is 1. The zero-order chi connectivity index (χ0) is 23.4. The second-order valence-corrected chi connectivity index (χ2v) is 9.49. The SMILES string of the molecule is O=C(O)c1ccc(N2CCN(Cc3ccccc3F)CC2)c(NS(=O)(=O)c2ccccc2)c1. The van der Waals surface area contributed by atoms with Crippen molar-refractivity contribution in [2.75, 3.05) is 35.8 Å². The highest BCUT2D eigenvalue weighted by molar-refractivity contribution is 7.92. The summed E-state index contributed by atoms with van der Waals surface area (Å²) in [4.78, 5) is 15.7. The molecule has 1 aliphatic heterocycles. The third-order valence-electron chi connectivity index (χ3n) is 5.61. The highest BCUT2D eigenvalue weighted by Gasteiger charge is 2.23. The van der Waals surface area contributed by atoms with Gasteiger partial charge < -0.3 is 10.0 Å². The summed E-state index contributed by atoms with van der Waals surface area (Å²) in [6.07, 6.45) is 0. The van der Waals surface area contributed by atoms with Crippen molar-refractivity contribution in [3.05, 3.63) is 89.7 Å². The van der Waals surface area contributed by atoms with E-state index in [1.807, 2.05) is 11.0 Å². The molecule has 1 heterocycles. The average Bonchev–Trinajstić information content (AvgIpc) is 2.81. The molecule has 33 heavy (non-hydrogen) atoms. The molecule has 1 fully saturated rings. The Labute approximate surface area is 192 Å². The Morgan fingerprint density at radius 3 is 2.27 bits per heavy atom. The number of rotatable bonds is 7. The van der Waals surface area contributed by atoms with Gasteiger partial charge in [0.05, 0.1) is 21.8 Å². The van der Waals surface area contributed by atoms with Crippen molar-refractivity contribution in [3.63, 3.8) is 0 Å². The van der Waals surface area contributed by atoms with Crippen molar-refractivity contribution in [2.45, 2.75) is 11.4 Å². The van der Waals surface area contributed by atoms with Crippen molar-refractivity contribution in [2.24, 2.45) is 0 Å². The van der Waals surface area contributed by atoms with Crippen LogP contribution in [-0.2, 0) is 16.6 Å². The van der Waals surface area contributed by atoms with Crippen molar-refractivity contribution >= 4 is 27.4 Å². The van der Waals surface area contributed by atoms with Crippen LogP contribution in [0.2, 0.25) is 0 Å². The molecule has 4 rings (SSSR count). The standard InChI is InChI=1S/C24H24FN3O4S/c25-21-9-5-4-6-19(21)17-27-12-14-28(15-13-27)23-11-10-18(24(29)30)16-22(23)26-33(31,32)20-7-2-1-3-8-20/h1-11,16,26H,12-15,17H2,(H,29,30). The van der Waals surface area contributed by atoms with Crippen LogP contribution in [0.3, 0.4) is 0 Å². The van der Waals surface area contributed by atoms with Gasteiger partial charge in [0, 0.05) is 38.3 Å².